The zero-order chi connectivity index (χ0) is 12.7. The van der Waals surface area contributed by atoms with Crippen LogP contribution < -0.4 is 10.1 Å². The van der Waals surface area contributed by atoms with Crippen LogP contribution in [0.25, 0.3) is 0 Å². The highest BCUT2D eigenvalue weighted by atomic mass is 19.1. The van der Waals surface area contributed by atoms with Gasteiger partial charge in [-0.25, -0.2) is 4.39 Å². The lowest BCUT2D eigenvalue weighted by Crippen LogP contribution is -2.19. The molecule has 0 unspecified atom stereocenters. The number of nitrogens with zero attached hydrogens (tertiary/aromatic N) is 1. The first-order valence-electron chi connectivity index (χ1n) is 5.37. The maximum absolute atomic E-state index is 13.2. The van der Waals surface area contributed by atoms with Crippen LogP contribution in [0.2, 0.25) is 0 Å². The highest BCUT2D eigenvalue weighted by molar-refractivity contribution is 5.43. The number of nitriles is 1. The third-order valence-electron chi connectivity index (χ3n) is 2.14. The van der Waals surface area contributed by atoms with Gasteiger partial charge in [-0.1, -0.05) is 19.6 Å². The van der Waals surface area contributed by atoms with Crippen molar-refractivity contribution in [3.63, 3.8) is 0 Å². The van der Waals surface area contributed by atoms with E-state index < -0.39 is 5.82 Å². The smallest absolute Gasteiger partial charge is 0.144 e. The summed E-state index contributed by atoms with van der Waals surface area (Å²) in [7, 11) is 0. The maximum atomic E-state index is 13.2. The van der Waals surface area contributed by atoms with Crippen molar-refractivity contribution in [2.45, 2.75) is 6.92 Å². The second-order valence-corrected chi connectivity index (χ2v) is 3.54. The molecular weight excluding hydrogens is 219 g/mol. The van der Waals surface area contributed by atoms with Crippen molar-refractivity contribution in [3.05, 3.63) is 41.7 Å². The number of benzene rings is 1. The predicted molar refractivity (Wildman–Crippen MR) is 64.3 cm³/mol. The van der Waals surface area contributed by atoms with E-state index in [9.17, 15) is 4.39 Å². The molecule has 0 aromatic heterocycles. The molecule has 0 fully saturated rings. The SMILES string of the molecule is C=C(CNCC)COc1cccc(F)c1C#N. The number of hydrogen-bond donors (Lipinski definition) is 1. The molecule has 1 aromatic rings. The summed E-state index contributed by atoms with van der Waals surface area (Å²) in [5.41, 5.74) is 0.781. The van der Waals surface area contributed by atoms with Crippen LogP contribution in [0.15, 0.2) is 30.4 Å². The lowest BCUT2D eigenvalue weighted by molar-refractivity contribution is 0.345. The average molecular weight is 234 g/mol. The summed E-state index contributed by atoms with van der Waals surface area (Å²) >= 11 is 0. The summed E-state index contributed by atoms with van der Waals surface area (Å²) in [6.45, 7) is 7.58. The van der Waals surface area contributed by atoms with Gasteiger partial charge in [-0.15, -0.1) is 0 Å². The van der Waals surface area contributed by atoms with E-state index in [2.05, 4.69) is 11.9 Å². The minimum atomic E-state index is -0.567. The second kappa shape index (κ2) is 6.66. The number of likely N-dealkylation sites (N-methyl/N-ethyl adjacent to an activating group) is 1. The van der Waals surface area contributed by atoms with Gasteiger partial charge in [-0.3, -0.25) is 0 Å². The van der Waals surface area contributed by atoms with Gasteiger partial charge in [0.05, 0.1) is 0 Å². The largest absolute Gasteiger partial charge is 0.488 e. The molecule has 17 heavy (non-hydrogen) atoms. The zero-order valence-electron chi connectivity index (χ0n) is 9.79. The van der Waals surface area contributed by atoms with Crippen LogP contribution in [0.3, 0.4) is 0 Å². The lowest BCUT2D eigenvalue weighted by atomic mass is 10.2. The van der Waals surface area contributed by atoms with Crippen LogP contribution in [0, 0.1) is 17.1 Å². The Balaban J connectivity index is 2.61. The quantitative estimate of drug-likeness (QED) is 0.768. The van der Waals surface area contributed by atoms with E-state index in [0.717, 1.165) is 12.1 Å². The number of nitrogens with one attached hydrogen (secondary N) is 1. The fourth-order valence-electron chi connectivity index (χ4n) is 1.27. The standard InChI is InChI=1S/C13H15FN2O/c1-3-16-8-10(2)9-17-13-6-4-5-12(14)11(13)7-15/h4-6,16H,2-3,8-9H2,1H3. The summed E-state index contributed by atoms with van der Waals surface area (Å²) in [6.07, 6.45) is 0. The molecular formula is C13H15FN2O. The fraction of sp³-hybridized carbons (Fsp3) is 0.308. The third-order valence-corrected chi connectivity index (χ3v) is 2.14. The molecule has 0 aliphatic carbocycles. The van der Waals surface area contributed by atoms with Crippen molar-refractivity contribution in [3.8, 4) is 11.8 Å². The van der Waals surface area contributed by atoms with E-state index in [4.69, 9.17) is 10.00 Å². The fourth-order valence-corrected chi connectivity index (χ4v) is 1.27. The van der Waals surface area contributed by atoms with Gasteiger partial charge in [0.1, 0.15) is 29.8 Å². The number of rotatable bonds is 6. The highest BCUT2D eigenvalue weighted by Gasteiger charge is 2.08. The van der Waals surface area contributed by atoms with E-state index in [-0.39, 0.29) is 17.9 Å². The van der Waals surface area contributed by atoms with Crippen molar-refractivity contribution >= 4 is 0 Å². The monoisotopic (exact) mass is 234 g/mol. The predicted octanol–water partition coefficient (Wildman–Crippen LogP) is 2.24. The van der Waals surface area contributed by atoms with Crippen molar-refractivity contribution in [1.82, 2.24) is 5.32 Å². The van der Waals surface area contributed by atoms with Gasteiger partial charge in [0.2, 0.25) is 0 Å². The molecule has 0 amide bonds. The average Bonchev–Trinajstić information content (AvgIpc) is 2.33. The van der Waals surface area contributed by atoms with E-state index in [1.54, 1.807) is 12.1 Å². The molecule has 0 aliphatic heterocycles. The Morgan fingerprint density at radius 2 is 2.35 bits per heavy atom. The molecule has 0 heterocycles. The molecule has 1 aromatic carbocycles. The molecule has 1 N–H and O–H groups in total. The Labute approximate surface area is 101 Å². The maximum Gasteiger partial charge on any atom is 0.144 e. The Bertz CT molecular complexity index is 438. The van der Waals surface area contributed by atoms with E-state index >= 15 is 0 Å². The molecule has 0 spiro atoms. The van der Waals surface area contributed by atoms with Gasteiger partial charge in [-0.05, 0) is 24.3 Å². The van der Waals surface area contributed by atoms with Gasteiger partial charge < -0.3 is 10.1 Å². The van der Waals surface area contributed by atoms with Gasteiger partial charge >= 0.3 is 0 Å². The Morgan fingerprint density at radius 1 is 1.59 bits per heavy atom. The first-order chi connectivity index (χ1) is 8.19. The molecule has 3 nitrogen and oxygen atoms in total. The molecule has 0 atom stereocenters. The van der Waals surface area contributed by atoms with Crippen LogP contribution in [-0.4, -0.2) is 19.7 Å². The van der Waals surface area contributed by atoms with Crippen LogP contribution in [0.1, 0.15) is 12.5 Å². The summed E-state index contributed by atoms with van der Waals surface area (Å²) < 4.78 is 18.6. The van der Waals surface area contributed by atoms with Crippen molar-refractivity contribution in [1.29, 1.82) is 5.26 Å². The van der Waals surface area contributed by atoms with Crippen LogP contribution >= 0.6 is 0 Å². The molecule has 0 saturated heterocycles. The van der Waals surface area contributed by atoms with Crippen molar-refractivity contribution in [2.75, 3.05) is 19.7 Å². The van der Waals surface area contributed by atoms with Gasteiger partial charge in [-0.2, -0.15) is 5.26 Å². The number of hydrogen-bond acceptors (Lipinski definition) is 3. The Hall–Kier alpha value is -1.86. The van der Waals surface area contributed by atoms with Crippen molar-refractivity contribution in [2.24, 2.45) is 0 Å². The molecule has 4 heteroatoms. The van der Waals surface area contributed by atoms with Gasteiger partial charge in [0.15, 0.2) is 0 Å². The minimum absolute atomic E-state index is 0.0660. The molecule has 90 valence electrons. The topological polar surface area (TPSA) is 45.0 Å². The molecule has 1 rings (SSSR count). The van der Waals surface area contributed by atoms with Crippen LogP contribution in [0.4, 0.5) is 4.39 Å². The summed E-state index contributed by atoms with van der Waals surface area (Å²) in [5, 5.41) is 11.9. The molecule has 0 radical (unpaired) electrons. The first kappa shape index (κ1) is 13.2. The molecule has 0 bridgehead atoms. The third kappa shape index (κ3) is 3.89. The summed E-state index contributed by atoms with van der Waals surface area (Å²) in [6, 6.07) is 6.10. The Morgan fingerprint density at radius 3 is 3.00 bits per heavy atom. The second-order valence-electron chi connectivity index (χ2n) is 3.54. The first-order valence-corrected chi connectivity index (χ1v) is 5.37. The van der Waals surface area contributed by atoms with E-state index in [1.165, 1.54) is 12.1 Å². The van der Waals surface area contributed by atoms with Crippen LogP contribution in [0.5, 0.6) is 5.75 Å². The van der Waals surface area contributed by atoms with E-state index in [1.807, 2.05) is 6.92 Å². The minimum Gasteiger partial charge on any atom is -0.488 e. The summed E-state index contributed by atoms with van der Waals surface area (Å²) in [4.78, 5) is 0. The van der Waals surface area contributed by atoms with E-state index in [0.29, 0.717) is 6.54 Å². The molecule has 0 aliphatic rings. The molecule has 0 saturated carbocycles. The van der Waals surface area contributed by atoms with Crippen molar-refractivity contribution < 1.29 is 9.13 Å². The van der Waals surface area contributed by atoms with Crippen LogP contribution in [-0.2, 0) is 0 Å². The van der Waals surface area contributed by atoms with Gasteiger partial charge in [0.25, 0.3) is 0 Å². The number of ether oxygens (including phenoxy) is 1. The Kier molecular flexibility index (Phi) is 5.18. The highest BCUT2D eigenvalue weighted by Crippen LogP contribution is 2.20. The number of halogens is 1. The normalized spacial score (nSPS) is 9.71. The summed E-state index contributed by atoms with van der Waals surface area (Å²) in [5.74, 6) is -0.313. The van der Waals surface area contributed by atoms with Gasteiger partial charge in [0, 0.05) is 6.54 Å². The lowest BCUT2D eigenvalue weighted by Gasteiger charge is -2.10. The zero-order valence-corrected chi connectivity index (χ0v) is 9.79.